The van der Waals surface area contributed by atoms with Crippen LogP contribution in [0.2, 0.25) is 0 Å². The van der Waals surface area contributed by atoms with E-state index in [1.165, 1.54) is 0 Å². The molecule has 0 radical (unpaired) electrons. The molecule has 0 spiro atoms. The molecule has 0 aromatic rings. The zero-order chi connectivity index (χ0) is 14.0. The lowest BCUT2D eigenvalue weighted by Gasteiger charge is -2.33. The van der Waals surface area contributed by atoms with Gasteiger partial charge in [-0.15, -0.1) is 0 Å². The summed E-state index contributed by atoms with van der Waals surface area (Å²) in [6, 6.07) is -0.179. The number of hydrogen-bond donors (Lipinski definition) is 2. The molecule has 0 bridgehead atoms. The fourth-order valence-electron chi connectivity index (χ4n) is 2.26. The fourth-order valence-corrected chi connectivity index (χ4v) is 2.26. The molecule has 0 aliphatic heterocycles. The molecule has 3 unspecified atom stereocenters. The van der Waals surface area contributed by atoms with Crippen molar-refractivity contribution in [1.29, 1.82) is 0 Å². The number of alkyl halides is 3. The molecule has 106 valence electrons. The van der Waals surface area contributed by atoms with Crippen LogP contribution < -0.4 is 11.1 Å². The van der Waals surface area contributed by atoms with Crippen LogP contribution in [-0.4, -0.2) is 23.7 Å². The first-order valence-corrected chi connectivity index (χ1v) is 6.35. The van der Waals surface area contributed by atoms with Gasteiger partial charge in [0.2, 0.25) is 5.91 Å². The first-order chi connectivity index (χ1) is 8.18. The summed E-state index contributed by atoms with van der Waals surface area (Å²) in [6.07, 6.45) is -0.230. The van der Waals surface area contributed by atoms with Crippen molar-refractivity contribution < 1.29 is 18.0 Å². The van der Waals surface area contributed by atoms with E-state index in [1.54, 1.807) is 0 Å². The van der Waals surface area contributed by atoms with Gasteiger partial charge in [0.25, 0.3) is 0 Å². The Morgan fingerprint density at radius 3 is 2.50 bits per heavy atom. The van der Waals surface area contributed by atoms with Crippen molar-refractivity contribution in [2.45, 2.75) is 63.7 Å². The predicted octanol–water partition coefficient (Wildman–Crippen LogP) is 2.35. The minimum atomic E-state index is -4.73. The van der Waals surface area contributed by atoms with Crippen molar-refractivity contribution in [3.05, 3.63) is 0 Å². The molecule has 6 heteroatoms. The van der Waals surface area contributed by atoms with Crippen LogP contribution in [0.5, 0.6) is 0 Å². The first-order valence-electron chi connectivity index (χ1n) is 6.35. The Hall–Kier alpha value is -0.780. The van der Waals surface area contributed by atoms with E-state index in [9.17, 15) is 18.0 Å². The zero-order valence-electron chi connectivity index (χ0n) is 10.8. The molecular formula is C12H21F3N2O. The number of nitrogens with one attached hydrogen (secondary N) is 1. The highest BCUT2D eigenvalue weighted by molar-refractivity contribution is 5.86. The highest BCUT2D eigenvalue weighted by atomic mass is 19.4. The minimum Gasteiger partial charge on any atom is -0.351 e. The van der Waals surface area contributed by atoms with Gasteiger partial charge in [0, 0.05) is 6.04 Å². The predicted molar refractivity (Wildman–Crippen MR) is 62.8 cm³/mol. The molecular weight excluding hydrogens is 245 g/mol. The molecule has 3 nitrogen and oxygen atoms in total. The second kappa shape index (κ2) is 5.47. The first kappa shape index (κ1) is 15.3. The standard InChI is InChI=1S/C12H21F3N2O/c1-3-8-5-4-6-9(7-8)17-10(18)11(2,16)12(13,14)15/h8-9H,3-7,16H2,1-2H3,(H,17,18). The van der Waals surface area contributed by atoms with Gasteiger partial charge in [0.15, 0.2) is 5.54 Å². The van der Waals surface area contributed by atoms with Crippen molar-refractivity contribution in [2.24, 2.45) is 11.7 Å². The van der Waals surface area contributed by atoms with Crippen molar-refractivity contribution in [3.8, 4) is 0 Å². The van der Waals surface area contributed by atoms with Crippen molar-refractivity contribution in [3.63, 3.8) is 0 Å². The van der Waals surface area contributed by atoms with E-state index in [0.29, 0.717) is 12.8 Å². The maximum absolute atomic E-state index is 12.6. The topological polar surface area (TPSA) is 55.1 Å². The van der Waals surface area contributed by atoms with Gasteiger partial charge in [-0.3, -0.25) is 4.79 Å². The maximum Gasteiger partial charge on any atom is 0.415 e. The summed E-state index contributed by atoms with van der Waals surface area (Å²) < 4.78 is 37.8. The molecule has 0 heterocycles. The average molecular weight is 266 g/mol. The molecule has 1 aliphatic carbocycles. The second-order valence-electron chi connectivity index (χ2n) is 5.31. The average Bonchev–Trinajstić information content (AvgIpc) is 2.27. The Labute approximate surface area is 105 Å². The zero-order valence-corrected chi connectivity index (χ0v) is 10.8. The van der Waals surface area contributed by atoms with Gasteiger partial charge >= 0.3 is 6.18 Å². The van der Waals surface area contributed by atoms with Crippen LogP contribution in [0.3, 0.4) is 0 Å². The largest absolute Gasteiger partial charge is 0.415 e. The van der Waals surface area contributed by atoms with E-state index in [0.717, 1.165) is 32.1 Å². The lowest BCUT2D eigenvalue weighted by Crippen LogP contribution is -2.62. The molecule has 3 N–H and O–H groups in total. The summed E-state index contributed by atoms with van der Waals surface area (Å²) in [7, 11) is 0. The van der Waals surface area contributed by atoms with Crippen LogP contribution in [0.15, 0.2) is 0 Å². The Balaban J connectivity index is 2.59. The Kier molecular flexibility index (Phi) is 4.64. The van der Waals surface area contributed by atoms with E-state index < -0.39 is 17.6 Å². The molecule has 1 fully saturated rings. The molecule has 1 amide bonds. The summed E-state index contributed by atoms with van der Waals surface area (Å²) >= 11 is 0. The number of rotatable bonds is 3. The SMILES string of the molecule is CCC1CCCC(NC(=O)C(C)(N)C(F)(F)F)C1. The van der Waals surface area contributed by atoms with E-state index >= 15 is 0 Å². The van der Waals surface area contributed by atoms with E-state index in [-0.39, 0.29) is 6.04 Å². The van der Waals surface area contributed by atoms with E-state index in [4.69, 9.17) is 5.73 Å². The van der Waals surface area contributed by atoms with Crippen molar-refractivity contribution >= 4 is 5.91 Å². The Morgan fingerprint density at radius 2 is 2.00 bits per heavy atom. The number of nitrogens with two attached hydrogens (primary N) is 1. The lowest BCUT2D eigenvalue weighted by atomic mass is 9.84. The summed E-state index contributed by atoms with van der Waals surface area (Å²) in [4.78, 5) is 11.6. The Morgan fingerprint density at radius 1 is 1.39 bits per heavy atom. The highest BCUT2D eigenvalue weighted by Gasteiger charge is 2.54. The molecule has 3 atom stereocenters. The third-order valence-corrected chi connectivity index (χ3v) is 3.76. The van der Waals surface area contributed by atoms with Crippen LogP contribution in [-0.2, 0) is 4.79 Å². The van der Waals surface area contributed by atoms with E-state index in [2.05, 4.69) is 12.2 Å². The minimum absolute atomic E-state index is 0.179. The fraction of sp³-hybridized carbons (Fsp3) is 0.917. The maximum atomic E-state index is 12.6. The quantitative estimate of drug-likeness (QED) is 0.824. The molecule has 0 saturated heterocycles. The number of carbonyl (C=O) groups is 1. The molecule has 18 heavy (non-hydrogen) atoms. The summed E-state index contributed by atoms with van der Waals surface area (Å²) in [6.45, 7) is 2.76. The third-order valence-electron chi connectivity index (χ3n) is 3.76. The second-order valence-corrected chi connectivity index (χ2v) is 5.31. The number of halogens is 3. The van der Waals surface area contributed by atoms with Gasteiger partial charge < -0.3 is 11.1 Å². The normalized spacial score (nSPS) is 28.6. The van der Waals surface area contributed by atoms with Crippen LogP contribution in [0.1, 0.15) is 46.0 Å². The third kappa shape index (κ3) is 3.37. The lowest BCUT2D eigenvalue weighted by molar-refractivity contribution is -0.187. The summed E-state index contributed by atoms with van der Waals surface area (Å²) in [5.74, 6) is -0.643. The molecule has 1 aliphatic rings. The van der Waals surface area contributed by atoms with Gasteiger partial charge in [-0.05, 0) is 25.7 Å². The number of hydrogen-bond acceptors (Lipinski definition) is 2. The van der Waals surface area contributed by atoms with Crippen LogP contribution in [0.4, 0.5) is 13.2 Å². The number of amides is 1. The molecule has 0 aromatic heterocycles. The van der Waals surface area contributed by atoms with E-state index in [1.807, 2.05) is 0 Å². The highest BCUT2D eigenvalue weighted by Crippen LogP contribution is 2.30. The summed E-state index contributed by atoms with van der Waals surface area (Å²) in [5, 5.41) is 2.45. The van der Waals surface area contributed by atoms with Gasteiger partial charge in [0.1, 0.15) is 0 Å². The van der Waals surface area contributed by atoms with Gasteiger partial charge in [-0.1, -0.05) is 26.2 Å². The Bertz CT molecular complexity index is 302. The molecule has 0 aromatic carbocycles. The van der Waals surface area contributed by atoms with Crippen molar-refractivity contribution in [2.75, 3.05) is 0 Å². The molecule has 1 saturated carbocycles. The summed E-state index contributed by atoms with van der Waals surface area (Å²) in [5.41, 5.74) is 2.27. The molecule has 1 rings (SSSR count). The van der Waals surface area contributed by atoms with Gasteiger partial charge in [-0.25, -0.2) is 0 Å². The van der Waals surface area contributed by atoms with Crippen LogP contribution >= 0.6 is 0 Å². The number of carbonyl (C=O) groups excluding carboxylic acids is 1. The van der Waals surface area contributed by atoms with Gasteiger partial charge in [0.05, 0.1) is 0 Å². The monoisotopic (exact) mass is 266 g/mol. The van der Waals surface area contributed by atoms with Crippen LogP contribution in [0.25, 0.3) is 0 Å². The van der Waals surface area contributed by atoms with Gasteiger partial charge in [-0.2, -0.15) is 13.2 Å². The van der Waals surface area contributed by atoms with Crippen LogP contribution in [0, 0.1) is 5.92 Å². The van der Waals surface area contributed by atoms with Crippen molar-refractivity contribution in [1.82, 2.24) is 5.32 Å². The smallest absolute Gasteiger partial charge is 0.351 e.